The first-order valence-corrected chi connectivity index (χ1v) is 18.5. The lowest BCUT2D eigenvalue weighted by Gasteiger charge is -2.27. The number of rotatable bonds is 6. The average Bonchev–Trinajstić information content (AvgIpc) is 3.86. The fourth-order valence-electron chi connectivity index (χ4n) is 7.98. The van der Waals surface area contributed by atoms with Crippen molar-refractivity contribution in [2.75, 3.05) is 4.90 Å². The number of oxazole rings is 1. The van der Waals surface area contributed by atoms with Crippen LogP contribution in [0, 0.1) is 0 Å². The summed E-state index contributed by atoms with van der Waals surface area (Å²) in [6, 6.07) is 68.3. The van der Waals surface area contributed by atoms with E-state index in [-0.39, 0.29) is 0 Å². The number of hydrogen-bond acceptors (Lipinski definition) is 4. The first-order valence-electron chi connectivity index (χ1n) is 18.5. The molecule has 11 aromatic rings. The summed E-state index contributed by atoms with van der Waals surface area (Å²) in [7, 11) is 0. The Morgan fingerprint density at radius 2 is 0.982 bits per heavy atom. The third kappa shape index (κ3) is 5.34. The highest BCUT2D eigenvalue weighted by atomic mass is 16.3. The fraction of sp³-hybridized carbons (Fsp3) is 0. The second-order valence-electron chi connectivity index (χ2n) is 14.0. The Morgan fingerprint density at radius 1 is 0.364 bits per heavy atom. The van der Waals surface area contributed by atoms with Crippen molar-refractivity contribution in [3.8, 4) is 33.7 Å². The van der Waals surface area contributed by atoms with Crippen LogP contribution in [0.3, 0.4) is 0 Å². The Morgan fingerprint density at radius 3 is 1.78 bits per heavy atom. The first-order chi connectivity index (χ1) is 27.2. The summed E-state index contributed by atoms with van der Waals surface area (Å²) in [4.78, 5) is 7.11. The molecule has 0 aliphatic heterocycles. The molecule has 0 bridgehead atoms. The summed E-state index contributed by atoms with van der Waals surface area (Å²) < 4.78 is 12.9. The summed E-state index contributed by atoms with van der Waals surface area (Å²) in [5.41, 5.74) is 12.0. The highest BCUT2D eigenvalue weighted by Gasteiger charge is 2.21. The summed E-state index contributed by atoms with van der Waals surface area (Å²) in [6.07, 6.45) is 0. The van der Waals surface area contributed by atoms with Gasteiger partial charge in [-0.25, -0.2) is 4.98 Å². The summed E-state index contributed by atoms with van der Waals surface area (Å²) in [5, 5.41) is 6.76. The molecule has 258 valence electrons. The largest absolute Gasteiger partial charge is 0.456 e. The molecule has 0 saturated carbocycles. The Kier molecular flexibility index (Phi) is 7.14. The molecule has 2 heterocycles. The molecule has 0 unspecified atom stereocenters. The smallest absolute Gasteiger partial charge is 0.227 e. The van der Waals surface area contributed by atoms with E-state index in [1.807, 2.05) is 30.3 Å². The summed E-state index contributed by atoms with van der Waals surface area (Å²) in [6.45, 7) is 0. The molecule has 0 atom stereocenters. The Labute approximate surface area is 317 Å². The molecule has 0 fully saturated rings. The maximum Gasteiger partial charge on any atom is 0.227 e. The van der Waals surface area contributed by atoms with Gasteiger partial charge in [0.1, 0.15) is 16.7 Å². The van der Waals surface area contributed by atoms with Gasteiger partial charge in [-0.05, 0) is 99.1 Å². The van der Waals surface area contributed by atoms with Crippen molar-refractivity contribution in [1.82, 2.24) is 4.98 Å². The van der Waals surface area contributed by atoms with Crippen molar-refractivity contribution in [2.45, 2.75) is 0 Å². The van der Waals surface area contributed by atoms with Crippen LogP contribution in [0.1, 0.15) is 0 Å². The standard InChI is InChI=1S/C51H32N2O2/c1-3-11-33(12-4-1)35-21-25-40(26-22-35)53(41-27-23-37-29-36(19-20-38(37)30-41)34-13-5-2-6-14-34)46-32-49-50(43-16-8-7-15-42(43)46)44-28-24-39(31-48(44)54-49)51-52-45-17-9-10-18-47(45)55-51/h1-32H. The van der Waals surface area contributed by atoms with Gasteiger partial charge in [0.2, 0.25) is 5.89 Å². The van der Waals surface area contributed by atoms with Crippen molar-refractivity contribution in [2.24, 2.45) is 0 Å². The molecule has 0 N–H and O–H groups in total. The molecule has 0 radical (unpaired) electrons. The van der Waals surface area contributed by atoms with E-state index < -0.39 is 0 Å². The van der Waals surface area contributed by atoms with Crippen LogP contribution in [0.5, 0.6) is 0 Å². The lowest BCUT2D eigenvalue weighted by molar-refractivity contribution is 0.619. The number of aromatic nitrogens is 1. The maximum atomic E-state index is 6.77. The number of hydrogen-bond donors (Lipinski definition) is 0. The van der Waals surface area contributed by atoms with Crippen LogP contribution >= 0.6 is 0 Å². The minimum absolute atomic E-state index is 0.575. The second kappa shape index (κ2) is 12.6. The van der Waals surface area contributed by atoms with Crippen molar-refractivity contribution < 1.29 is 8.83 Å². The van der Waals surface area contributed by atoms with E-state index in [0.717, 1.165) is 66.4 Å². The van der Waals surface area contributed by atoms with Gasteiger partial charge in [-0.2, -0.15) is 0 Å². The Balaban J connectivity index is 1.10. The van der Waals surface area contributed by atoms with Crippen LogP contribution in [-0.4, -0.2) is 4.98 Å². The van der Waals surface area contributed by atoms with Crippen molar-refractivity contribution >= 4 is 71.6 Å². The normalized spacial score (nSPS) is 11.6. The minimum Gasteiger partial charge on any atom is -0.456 e. The molecule has 0 aliphatic rings. The quantitative estimate of drug-likeness (QED) is 0.173. The van der Waals surface area contributed by atoms with Crippen LogP contribution in [0.4, 0.5) is 17.1 Å². The van der Waals surface area contributed by atoms with E-state index in [2.05, 4.69) is 169 Å². The minimum atomic E-state index is 0.575. The van der Waals surface area contributed by atoms with Gasteiger partial charge < -0.3 is 13.7 Å². The van der Waals surface area contributed by atoms with Gasteiger partial charge in [0.25, 0.3) is 0 Å². The second-order valence-corrected chi connectivity index (χ2v) is 14.0. The van der Waals surface area contributed by atoms with Crippen LogP contribution in [0.15, 0.2) is 203 Å². The predicted octanol–water partition coefficient (Wildman–Crippen LogP) is 14.5. The van der Waals surface area contributed by atoms with Crippen LogP contribution in [0.2, 0.25) is 0 Å². The summed E-state index contributed by atoms with van der Waals surface area (Å²) >= 11 is 0. The molecule has 9 aromatic carbocycles. The van der Waals surface area contributed by atoms with Crippen LogP contribution in [0.25, 0.3) is 88.3 Å². The van der Waals surface area contributed by atoms with E-state index in [0.29, 0.717) is 5.89 Å². The van der Waals surface area contributed by atoms with Crippen molar-refractivity contribution in [3.05, 3.63) is 194 Å². The molecule has 2 aromatic heterocycles. The van der Waals surface area contributed by atoms with Gasteiger partial charge in [-0.1, -0.05) is 127 Å². The Hall–Kier alpha value is -7.43. The number of anilines is 3. The molecule has 4 nitrogen and oxygen atoms in total. The molecular formula is C51H32N2O2. The van der Waals surface area contributed by atoms with Gasteiger partial charge in [-0.15, -0.1) is 0 Å². The molecular weight excluding hydrogens is 673 g/mol. The number of nitrogens with zero attached hydrogens (tertiary/aromatic N) is 2. The molecule has 55 heavy (non-hydrogen) atoms. The molecule has 4 heteroatoms. The van der Waals surface area contributed by atoms with E-state index in [1.165, 1.54) is 33.0 Å². The zero-order chi connectivity index (χ0) is 36.3. The monoisotopic (exact) mass is 704 g/mol. The van der Waals surface area contributed by atoms with E-state index in [1.54, 1.807) is 0 Å². The SMILES string of the molecule is c1ccc(-c2ccc(N(c3ccc4cc(-c5ccccc5)ccc4c3)c3cc4oc5cc(-c6nc7ccccc7o6)ccc5c4c4ccccc34)cc2)cc1. The maximum absolute atomic E-state index is 6.77. The topological polar surface area (TPSA) is 42.4 Å². The lowest BCUT2D eigenvalue weighted by Crippen LogP contribution is -2.10. The van der Waals surface area contributed by atoms with Gasteiger partial charge in [0.05, 0.1) is 5.69 Å². The number of fused-ring (bicyclic) bond motifs is 7. The van der Waals surface area contributed by atoms with Gasteiger partial charge in [0, 0.05) is 39.2 Å². The van der Waals surface area contributed by atoms with Crippen LogP contribution in [-0.2, 0) is 0 Å². The van der Waals surface area contributed by atoms with E-state index in [4.69, 9.17) is 13.8 Å². The van der Waals surface area contributed by atoms with Gasteiger partial charge in [-0.3, -0.25) is 0 Å². The Bertz CT molecular complexity index is 3170. The van der Waals surface area contributed by atoms with Gasteiger partial charge >= 0.3 is 0 Å². The highest BCUT2D eigenvalue weighted by molar-refractivity contribution is 6.22. The molecule has 11 rings (SSSR count). The zero-order valence-electron chi connectivity index (χ0n) is 29.7. The third-order valence-corrected chi connectivity index (χ3v) is 10.7. The average molecular weight is 705 g/mol. The molecule has 0 aliphatic carbocycles. The van der Waals surface area contributed by atoms with E-state index >= 15 is 0 Å². The van der Waals surface area contributed by atoms with Crippen molar-refractivity contribution in [3.63, 3.8) is 0 Å². The number of furan rings is 1. The lowest BCUT2D eigenvalue weighted by atomic mass is 9.98. The number of para-hydroxylation sites is 2. The third-order valence-electron chi connectivity index (χ3n) is 10.7. The summed E-state index contributed by atoms with van der Waals surface area (Å²) in [5.74, 6) is 0.575. The van der Waals surface area contributed by atoms with E-state index in [9.17, 15) is 0 Å². The molecule has 0 spiro atoms. The predicted molar refractivity (Wildman–Crippen MR) is 227 cm³/mol. The van der Waals surface area contributed by atoms with Crippen LogP contribution < -0.4 is 4.90 Å². The number of benzene rings is 9. The first kappa shape index (κ1) is 31.1. The fourth-order valence-corrected chi connectivity index (χ4v) is 7.98. The van der Waals surface area contributed by atoms with Gasteiger partial charge in [0.15, 0.2) is 5.58 Å². The molecule has 0 saturated heterocycles. The highest BCUT2D eigenvalue weighted by Crippen LogP contribution is 2.46. The molecule has 0 amide bonds. The zero-order valence-corrected chi connectivity index (χ0v) is 29.7. The van der Waals surface area contributed by atoms with Crippen molar-refractivity contribution in [1.29, 1.82) is 0 Å².